The second-order valence-corrected chi connectivity index (χ2v) is 11.8. The fourth-order valence-electron chi connectivity index (χ4n) is 2.69. The molecule has 0 radical (unpaired) electrons. The molecule has 202 valence electrons. The average molecular weight is 535 g/mol. The highest BCUT2D eigenvalue weighted by molar-refractivity contribution is 8.77. The Bertz CT molecular complexity index is 754. The third-order valence-electron chi connectivity index (χ3n) is 4.59. The average Bonchev–Trinajstić information content (AvgIpc) is 2.84. The van der Waals surface area contributed by atoms with Crippen molar-refractivity contribution in [2.45, 2.75) is 76.9 Å². The number of carbonyl (C=O) groups is 2. The van der Waals surface area contributed by atoms with Crippen LogP contribution in [-0.2, 0) is 4.79 Å². The zero-order valence-corrected chi connectivity index (χ0v) is 23.9. The Morgan fingerprint density at radius 1 is 0.750 bits per heavy atom. The van der Waals surface area contributed by atoms with Crippen LogP contribution in [0.25, 0.3) is 0 Å². The topological polar surface area (TPSA) is 78.4 Å². The summed E-state index contributed by atoms with van der Waals surface area (Å²) in [5, 5.41) is 14.0. The van der Waals surface area contributed by atoms with Crippen molar-refractivity contribution < 1.29 is 14.7 Å². The first-order valence-corrected chi connectivity index (χ1v) is 15.1. The van der Waals surface area contributed by atoms with Crippen molar-refractivity contribution >= 4 is 33.6 Å². The molecule has 7 heteroatoms. The lowest BCUT2D eigenvalue weighted by molar-refractivity contribution is -0.120. The van der Waals surface area contributed by atoms with Crippen LogP contribution >= 0.6 is 21.6 Å². The quantitative estimate of drug-likeness (QED) is 0.0790. The molecule has 0 aromatic rings. The van der Waals surface area contributed by atoms with Crippen LogP contribution in [-0.4, -0.2) is 40.7 Å². The number of hydrogen-bond donors (Lipinski definition) is 3. The van der Waals surface area contributed by atoms with E-state index in [1.54, 1.807) is 21.6 Å². The van der Waals surface area contributed by atoms with E-state index in [2.05, 4.69) is 90.5 Å². The summed E-state index contributed by atoms with van der Waals surface area (Å²) in [5.41, 5.74) is 0. The van der Waals surface area contributed by atoms with Crippen LogP contribution < -0.4 is 10.6 Å². The molecule has 0 unspecified atom stereocenters. The van der Waals surface area contributed by atoms with E-state index in [0.29, 0.717) is 19.5 Å². The maximum absolute atomic E-state index is 11.9. The fourth-order valence-corrected chi connectivity index (χ4v) is 5.05. The third kappa shape index (κ3) is 26.5. The van der Waals surface area contributed by atoms with Crippen molar-refractivity contribution in [1.29, 1.82) is 0 Å². The number of amides is 2. The minimum absolute atomic E-state index is 0.0620. The Morgan fingerprint density at radius 2 is 1.22 bits per heavy atom. The Morgan fingerprint density at radius 3 is 1.69 bits per heavy atom. The van der Waals surface area contributed by atoms with E-state index in [4.69, 9.17) is 5.11 Å². The molecule has 5 nitrogen and oxygen atoms in total. The number of hydrogen-bond acceptors (Lipinski definition) is 4. The Kier molecular flexibility index (Phi) is 23.1. The molecule has 0 fully saturated rings. The zero-order chi connectivity index (χ0) is 26.7. The van der Waals surface area contributed by atoms with Crippen LogP contribution in [0.3, 0.4) is 0 Å². The standard InChI is InChI=1S/C29H46N2O3S2/c1-4-5-6-7-8-9-10-11-12-13-14-15-16-17-18-19-20-21-22-23-27(32)30-24-25-35-36-29(2,3)26-31-28(33)34/h5-6,8-9,11-12,14-15,17-18,20-21,31H,4,7,10,13,16,19,22-26H2,1-3H3,(H,30,32)(H,33,34)/b6-5-,9-8-,12-11-,15-14-,18-17-,21-20-. The van der Waals surface area contributed by atoms with Gasteiger partial charge in [0, 0.05) is 30.0 Å². The molecule has 0 aliphatic heterocycles. The molecular weight excluding hydrogens is 488 g/mol. The van der Waals surface area contributed by atoms with Gasteiger partial charge in [0.15, 0.2) is 0 Å². The summed E-state index contributed by atoms with van der Waals surface area (Å²) in [7, 11) is 3.27. The molecule has 0 aromatic heterocycles. The molecular formula is C29H46N2O3S2. The normalized spacial score (nSPS) is 12.9. The first-order chi connectivity index (χ1) is 17.4. The lowest BCUT2D eigenvalue weighted by Crippen LogP contribution is -2.35. The lowest BCUT2D eigenvalue weighted by atomic mass is 10.2. The van der Waals surface area contributed by atoms with Gasteiger partial charge in [0.25, 0.3) is 0 Å². The Hall–Kier alpha value is -2.12. The summed E-state index contributed by atoms with van der Waals surface area (Å²) in [4.78, 5) is 22.5. The van der Waals surface area contributed by atoms with E-state index in [1.165, 1.54) is 0 Å². The largest absolute Gasteiger partial charge is 0.465 e. The highest BCUT2D eigenvalue weighted by Crippen LogP contribution is 2.34. The second-order valence-electron chi connectivity index (χ2n) is 8.63. The number of carbonyl (C=O) groups excluding carboxylic acids is 1. The van der Waals surface area contributed by atoms with Crippen LogP contribution in [0.1, 0.15) is 72.1 Å². The maximum atomic E-state index is 11.9. The number of carboxylic acid groups (broad SMARTS) is 1. The third-order valence-corrected chi connectivity index (χ3v) is 7.88. The number of allylic oxidation sites excluding steroid dienone is 12. The number of nitrogens with one attached hydrogen (secondary N) is 2. The zero-order valence-electron chi connectivity index (χ0n) is 22.3. The SMILES string of the molecule is CC/C=C\C/C=C\C/C=C\C/C=C\C/C=C\C/C=C\CCC(=O)NCCSSC(C)(C)CNC(=O)O. The summed E-state index contributed by atoms with van der Waals surface area (Å²) >= 11 is 0. The molecule has 0 spiro atoms. The van der Waals surface area contributed by atoms with Crippen molar-refractivity contribution in [2.75, 3.05) is 18.8 Å². The van der Waals surface area contributed by atoms with E-state index in [0.717, 1.165) is 50.7 Å². The number of rotatable bonds is 21. The van der Waals surface area contributed by atoms with Gasteiger partial charge in [-0.1, -0.05) is 101 Å². The molecule has 0 bridgehead atoms. The molecule has 3 N–H and O–H groups in total. The van der Waals surface area contributed by atoms with Crippen molar-refractivity contribution in [1.82, 2.24) is 10.6 Å². The summed E-state index contributed by atoms with van der Waals surface area (Å²) in [6.07, 6.45) is 32.2. The molecule has 36 heavy (non-hydrogen) atoms. The summed E-state index contributed by atoms with van der Waals surface area (Å²) < 4.78 is -0.191. The molecule has 0 saturated carbocycles. The van der Waals surface area contributed by atoms with Crippen molar-refractivity contribution in [3.05, 3.63) is 72.9 Å². The second kappa shape index (κ2) is 24.6. The highest BCUT2D eigenvalue weighted by Gasteiger charge is 2.19. The minimum Gasteiger partial charge on any atom is -0.465 e. The molecule has 0 aliphatic carbocycles. The minimum atomic E-state index is -1.01. The summed E-state index contributed by atoms with van der Waals surface area (Å²) in [6, 6.07) is 0. The van der Waals surface area contributed by atoms with Crippen LogP contribution in [0.5, 0.6) is 0 Å². The van der Waals surface area contributed by atoms with Gasteiger partial charge in [0.1, 0.15) is 0 Å². The molecule has 2 amide bonds. The molecule has 0 rings (SSSR count). The predicted octanol–water partition coefficient (Wildman–Crippen LogP) is 8.01. The van der Waals surface area contributed by atoms with Gasteiger partial charge in [-0.2, -0.15) is 0 Å². The van der Waals surface area contributed by atoms with E-state index in [1.807, 2.05) is 13.8 Å². The van der Waals surface area contributed by atoms with E-state index in [-0.39, 0.29) is 10.7 Å². The van der Waals surface area contributed by atoms with Gasteiger partial charge in [0.05, 0.1) is 0 Å². The van der Waals surface area contributed by atoms with Crippen LogP contribution in [0.15, 0.2) is 72.9 Å². The van der Waals surface area contributed by atoms with Gasteiger partial charge >= 0.3 is 6.09 Å². The fraction of sp³-hybridized carbons (Fsp3) is 0.517. The molecule has 0 saturated heterocycles. The van der Waals surface area contributed by atoms with Gasteiger partial charge < -0.3 is 15.7 Å². The molecule has 0 aliphatic rings. The van der Waals surface area contributed by atoms with Gasteiger partial charge in [-0.15, -0.1) is 0 Å². The van der Waals surface area contributed by atoms with Crippen LogP contribution in [0, 0.1) is 0 Å². The smallest absolute Gasteiger partial charge is 0.404 e. The molecule has 0 heterocycles. The first kappa shape index (κ1) is 33.9. The van der Waals surface area contributed by atoms with Gasteiger partial charge in [-0.05, 0) is 58.8 Å². The van der Waals surface area contributed by atoms with E-state index in [9.17, 15) is 9.59 Å². The first-order valence-electron chi connectivity index (χ1n) is 12.8. The van der Waals surface area contributed by atoms with E-state index < -0.39 is 6.09 Å². The Labute approximate surface area is 227 Å². The van der Waals surface area contributed by atoms with Gasteiger partial charge in [-0.25, -0.2) is 4.79 Å². The maximum Gasteiger partial charge on any atom is 0.404 e. The van der Waals surface area contributed by atoms with Gasteiger partial charge in [-0.3, -0.25) is 4.79 Å². The van der Waals surface area contributed by atoms with Crippen LogP contribution in [0.4, 0.5) is 4.79 Å². The monoisotopic (exact) mass is 534 g/mol. The molecule has 0 atom stereocenters. The summed E-state index contributed by atoms with van der Waals surface area (Å²) in [6.45, 7) is 7.13. The molecule has 0 aromatic carbocycles. The predicted molar refractivity (Wildman–Crippen MR) is 161 cm³/mol. The van der Waals surface area contributed by atoms with E-state index >= 15 is 0 Å². The Balaban J connectivity index is 3.65. The highest BCUT2D eigenvalue weighted by atomic mass is 33.1. The van der Waals surface area contributed by atoms with Crippen molar-refractivity contribution in [3.8, 4) is 0 Å². The lowest BCUT2D eigenvalue weighted by Gasteiger charge is -2.22. The van der Waals surface area contributed by atoms with Gasteiger partial charge in [0.2, 0.25) is 5.91 Å². The van der Waals surface area contributed by atoms with Crippen LogP contribution in [0.2, 0.25) is 0 Å². The van der Waals surface area contributed by atoms with Crippen molar-refractivity contribution in [3.63, 3.8) is 0 Å². The summed E-state index contributed by atoms with van der Waals surface area (Å²) in [5.74, 6) is 0.847. The van der Waals surface area contributed by atoms with Crippen molar-refractivity contribution in [2.24, 2.45) is 0 Å².